The number of rotatable bonds is 6. The first-order valence-corrected chi connectivity index (χ1v) is 9.65. The van der Waals surface area contributed by atoms with Crippen LogP contribution in [0.1, 0.15) is 29.8 Å². The van der Waals surface area contributed by atoms with Crippen LogP contribution in [-0.4, -0.2) is 56.6 Å². The van der Waals surface area contributed by atoms with Crippen LogP contribution in [0, 0.1) is 25.1 Å². The van der Waals surface area contributed by atoms with E-state index in [1.807, 2.05) is 24.6 Å². The largest absolute Gasteiger partial charge is 0.396 e. The fraction of sp³-hybridized carbons (Fsp3) is 0.524. The average molecular weight is 389 g/mol. The highest BCUT2D eigenvalue weighted by atomic mass is 19.1. The van der Waals surface area contributed by atoms with E-state index in [1.165, 1.54) is 12.1 Å². The quantitative estimate of drug-likeness (QED) is 0.790. The van der Waals surface area contributed by atoms with E-state index in [-0.39, 0.29) is 24.9 Å². The molecule has 7 heteroatoms. The van der Waals surface area contributed by atoms with E-state index >= 15 is 0 Å². The zero-order valence-corrected chi connectivity index (χ0v) is 16.4. The van der Waals surface area contributed by atoms with Gasteiger partial charge in [-0.3, -0.25) is 9.48 Å². The third-order valence-electron chi connectivity index (χ3n) is 5.66. The molecule has 3 rings (SSSR count). The molecule has 0 spiro atoms. The van der Waals surface area contributed by atoms with Crippen LogP contribution in [-0.2, 0) is 17.8 Å². The van der Waals surface area contributed by atoms with Gasteiger partial charge in [-0.25, -0.2) is 4.39 Å². The summed E-state index contributed by atoms with van der Waals surface area (Å²) in [5, 5.41) is 25.1. The van der Waals surface area contributed by atoms with Gasteiger partial charge in [0, 0.05) is 37.2 Å². The van der Waals surface area contributed by atoms with Gasteiger partial charge >= 0.3 is 0 Å². The minimum Gasteiger partial charge on any atom is -0.396 e. The Kier molecular flexibility index (Phi) is 6.15. The van der Waals surface area contributed by atoms with Gasteiger partial charge in [0.05, 0.1) is 18.4 Å². The monoisotopic (exact) mass is 389 g/mol. The molecule has 28 heavy (non-hydrogen) atoms. The van der Waals surface area contributed by atoms with Crippen molar-refractivity contribution in [1.29, 1.82) is 0 Å². The summed E-state index contributed by atoms with van der Waals surface area (Å²) in [7, 11) is 0. The molecule has 2 atom stereocenters. The predicted octanol–water partition coefficient (Wildman–Crippen LogP) is 1.84. The minimum atomic E-state index is -0.843. The number of aliphatic hydroxyl groups excluding tert-OH is 2. The lowest BCUT2D eigenvalue weighted by molar-refractivity contribution is -0.142. The molecule has 2 heterocycles. The van der Waals surface area contributed by atoms with Crippen molar-refractivity contribution in [3.05, 3.63) is 53.1 Å². The van der Waals surface area contributed by atoms with Crippen LogP contribution < -0.4 is 0 Å². The van der Waals surface area contributed by atoms with E-state index in [0.717, 1.165) is 17.0 Å². The number of carbonyl (C=O) groups is 1. The number of aliphatic hydroxyl groups is 2. The Hall–Kier alpha value is -2.25. The van der Waals surface area contributed by atoms with Crippen molar-refractivity contribution < 1.29 is 19.4 Å². The molecule has 0 saturated carbocycles. The van der Waals surface area contributed by atoms with Crippen LogP contribution in [0.5, 0.6) is 0 Å². The summed E-state index contributed by atoms with van der Waals surface area (Å²) < 4.78 is 15.0. The summed E-state index contributed by atoms with van der Waals surface area (Å²) in [6, 6.07) is 8.02. The van der Waals surface area contributed by atoms with Gasteiger partial charge in [0.25, 0.3) is 0 Å². The Morgan fingerprint density at radius 1 is 1.32 bits per heavy atom. The summed E-state index contributed by atoms with van der Waals surface area (Å²) in [6.07, 6.45) is 0.387. The van der Waals surface area contributed by atoms with Crippen LogP contribution in [0.3, 0.4) is 0 Å². The summed E-state index contributed by atoms with van der Waals surface area (Å²) >= 11 is 0. The lowest BCUT2D eigenvalue weighted by atomic mass is 9.73. The number of aryl methyl sites for hydroxylation is 3. The number of nitrogens with zero attached hydrogens (tertiary/aromatic N) is 3. The molecule has 1 saturated heterocycles. The second-order valence-electron chi connectivity index (χ2n) is 7.84. The number of carbonyl (C=O) groups excluding carboxylic acids is 1. The smallest absolute Gasteiger partial charge is 0.224 e. The number of halogens is 1. The van der Waals surface area contributed by atoms with Crippen molar-refractivity contribution in [2.45, 2.75) is 45.8 Å². The number of benzene rings is 1. The van der Waals surface area contributed by atoms with E-state index in [9.17, 15) is 19.4 Å². The van der Waals surface area contributed by atoms with E-state index in [1.54, 1.807) is 17.0 Å². The highest BCUT2D eigenvalue weighted by Crippen LogP contribution is 2.34. The Labute approximate surface area is 164 Å². The van der Waals surface area contributed by atoms with Gasteiger partial charge in [-0.15, -0.1) is 0 Å². The van der Waals surface area contributed by atoms with Gasteiger partial charge in [-0.05, 0) is 50.5 Å². The van der Waals surface area contributed by atoms with Crippen molar-refractivity contribution in [1.82, 2.24) is 14.7 Å². The Bertz CT molecular complexity index is 821. The number of aromatic nitrogens is 2. The number of hydrogen-bond acceptors (Lipinski definition) is 4. The molecule has 1 aromatic carbocycles. The minimum absolute atomic E-state index is 0.0172. The van der Waals surface area contributed by atoms with Crippen molar-refractivity contribution in [2.24, 2.45) is 5.41 Å². The molecule has 6 nitrogen and oxygen atoms in total. The Morgan fingerprint density at radius 2 is 2.04 bits per heavy atom. The molecular formula is C21H28FN3O3. The van der Waals surface area contributed by atoms with Crippen molar-refractivity contribution in [3.63, 3.8) is 0 Å². The molecule has 0 aliphatic carbocycles. The zero-order chi connectivity index (χ0) is 20.3. The van der Waals surface area contributed by atoms with E-state index < -0.39 is 11.5 Å². The molecule has 0 bridgehead atoms. The number of likely N-dealkylation sites (tertiary alicyclic amines) is 1. The van der Waals surface area contributed by atoms with Crippen molar-refractivity contribution in [2.75, 3.05) is 19.7 Å². The Balaban J connectivity index is 1.68. The van der Waals surface area contributed by atoms with Gasteiger partial charge in [0.1, 0.15) is 5.82 Å². The van der Waals surface area contributed by atoms with Crippen LogP contribution in [0.4, 0.5) is 4.39 Å². The standard InChI is InChI=1S/C21H28FN3O3/c1-15-11-16(2)25(23-15)10-8-20(28)24-9-7-19(27)21(13-24,14-26)12-17-3-5-18(22)6-4-17/h3-6,11,19,26-27H,7-10,12-14H2,1-2H3/t19-,21-/m0/s1. The van der Waals surface area contributed by atoms with E-state index in [0.29, 0.717) is 32.4 Å². The summed E-state index contributed by atoms with van der Waals surface area (Å²) in [6.45, 7) is 4.87. The molecule has 1 aliphatic rings. The lowest BCUT2D eigenvalue weighted by Gasteiger charge is -2.45. The van der Waals surface area contributed by atoms with Crippen LogP contribution >= 0.6 is 0 Å². The molecule has 0 radical (unpaired) electrons. The predicted molar refractivity (Wildman–Crippen MR) is 103 cm³/mol. The molecule has 1 amide bonds. The fourth-order valence-electron chi connectivity index (χ4n) is 4.02. The van der Waals surface area contributed by atoms with Gasteiger partial charge in [0.2, 0.25) is 5.91 Å². The molecule has 2 aromatic rings. The first-order chi connectivity index (χ1) is 13.3. The first kappa shape index (κ1) is 20.5. The average Bonchev–Trinajstić information content (AvgIpc) is 3.00. The highest BCUT2D eigenvalue weighted by Gasteiger charge is 2.43. The second-order valence-corrected chi connectivity index (χ2v) is 7.84. The molecule has 152 valence electrons. The van der Waals surface area contributed by atoms with E-state index in [2.05, 4.69) is 5.10 Å². The van der Waals surface area contributed by atoms with Crippen molar-refractivity contribution >= 4 is 5.91 Å². The molecular weight excluding hydrogens is 361 g/mol. The fourth-order valence-corrected chi connectivity index (χ4v) is 4.02. The molecule has 1 fully saturated rings. The normalized spacial score (nSPS) is 22.5. The van der Waals surface area contributed by atoms with Gasteiger partial charge in [-0.2, -0.15) is 5.10 Å². The summed E-state index contributed by atoms with van der Waals surface area (Å²) in [4.78, 5) is 14.5. The number of amides is 1. The maximum absolute atomic E-state index is 13.2. The third-order valence-corrected chi connectivity index (χ3v) is 5.66. The van der Waals surface area contributed by atoms with Gasteiger partial charge in [-0.1, -0.05) is 12.1 Å². The Morgan fingerprint density at radius 3 is 2.64 bits per heavy atom. The molecule has 0 unspecified atom stereocenters. The zero-order valence-electron chi connectivity index (χ0n) is 16.4. The molecule has 1 aromatic heterocycles. The maximum atomic E-state index is 13.2. The van der Waals surface area contributed by atoms with Crippen LogP contribution in [0.25, 0.3) is 0 Å². The van der Waals surface area contributed by atoms with Crippen LogP contribution in [0.2, 0.25) is 0 Å². The van der Waals surface area contributed by atoms with Crippen molar-refractivity contribution in [3.8, 4) is 0 Å². The topological polar surface area (TPSA) is 78.6 Å². The first-order valence-electron chi connectivity index (χ1n) is 9.65. The SMILES string of the molecule is Cc1cc(C)n(CCC(=O)N2CC[C@H](O)[C@@](CO)(Cc3ccc(F)cc3)C2)n1. The summed E-state index contributed by atoms with van der Waals surface area (Å²) in [5.41, 5.74) is 1.92. The molecule has 2 N–H and O–H groups in total. The van der Waals surface area contributed by atoms with Gasteiger partial charge < -0.3 is 15.1 Å². The molecule has 1 aliphatic heterocycles. The van der Waals surface area contributed by atoms with E-state index in [4.69, 9.17) is 0 Å². The number of hydrogen-bond donors (Lipinski definition) is 2. The second kappa shape index (κ2) is 8.41. The van der Waals surface area contributed by atoms with Crippen LogP contribution in [0.15, 0.2) is 30.3 Å². The summed E-state index contributed by atoms with van der Waals surface area (Å²) in [5.74, 6) is -0.344. The third kappa shape index (κ3) is 4.42. The number of piperidine rings is 1. The highest BCUT2D eigenvalue weighted by molar-refractivity contribution is 5.76. The maximum Gasteiger partial charge on any atom is 0.224 e. The lowest BCUT2D eigenvalue weighted by Crippen LogP contribution is -2.56. The van der Waals surface area contributed by atoms with Gasteiger partial charge in [0.15, 0.2) is 0 Å².